The Kier molecular flexibility index (Phi) is 7.88. The van der Waals surface area contributed by atoms with Crippen molar-refractivity contribution in [2.45, 2.75) is 20.3 Å². The van der Waals surface area contributed by atoms with Gasteiger partial charge in [-0.25, -0.2) is 0 Å². The van der Waals surface area contributed by atoms with Crippen molar-refractivity contribution in [2.24, 2.45) is 5.92 Å². The van der Waals surface area contributed by atoms with Gasteiger partial charge in [0.05, 0.1) is 0 Å². The van der Waals surface area contributed by atoms with Crippen molar-refractivity contribution < 1.29 is 6.22 Å². The lowest BCUT2D eigenvalue weighted by molar-refractivity contribution is -0.108. The lowest BCUT2D eigenvalue weighted by atomic mass is 10.2. The van der Waals surface area contributed by atoms with Crippen molar-refractivity contribution in [1.82, 2.24) is 6.15 Å². The summed E-state index contributed by atoms with van der Waals surface area (Å²) < 4.78 is 0. The Balaban J connectivity index is -0.000000125. The monoisotopic (exact) mass is 105 g/mol. The summed E-state index contributed by atoms with van der Waals surface area (Å²) in [6.45, 7) is 4.04. The fourth-order valence-electron chi connectivity index (χ4n) is 0.192. The van der Waals surface area contributed by atoms with Crippen LogP contribution in [0.4, 0.5) is 0 Å². The van der Waals surface area contributed by atoms with E-state index < -0.39 is 0 Å². The molecular formula is C5H15NO. The number of hydrogen-bond donors (Lipinski definition) is 1. The molecule has 3 N–H and O–H groups in total. The highest BCUT2D eigenvalue weighted by Gasteiger charge is 1.85. The molecule has 0 saturated carbocycles. The third kappa shape index (κ3) is 10.7. The fourth-order valence-corrected chi connectivity index (χ4v) is 0.192. The van der Waals surface area contributed by atoms with E-state index in [9.17, 15) is 4.79 Å². The Labute approximate surface area is 46.0 Å². The highest BCUT2D eigenvalue weighted by Crippen LogP contribution is 1.92. The van der Waals surface area contributed by atoms with Gasteiger partial charge in [-0.05, 0) is 5.92 Å². The average Bonchev–Trinajstić information content (AvgIpc) is 1.35. The van der Waals surface area contributed by atoms with Gasteiger partial charge >= 0.3 is 0 Å². The molecule has 0 aliphatic carbocycles. The van der Waals surface area contributed by atoms with Gasteiger partial charge in [0.25, 0.3) is 0 Å². The number of carbonyl (C=O) groups is 1. The molecule has 0 rings (SSSR count). The van der Waals surface area contributed by atoms with Crippen LogP contribution in [-0.4, -0.2) is 6.29 Å². The topological polar surface area (TPSA) is 52.1 Å². The molecule has 0 aromatic rings. The van der Waals surface area contributed by atoms with Crippen molar-refractivity contribution in [1.29, 1.82) is 0 Å². The number of hydrogen-bond acceptors (Lipinski definition) is 2. The zero-order chi connectivity index (χ0) is 4.99. The van der Waals surface area contributed by atoms with Crippen LogP contribution in [0.2, 0.25) is 0 Å². The van der Waals surface area contributed by atoms with Gasteiger partial charge in [-0.2, -0.15) is 0 Å². The molecule has 0 fully saturated rings. The van der Waals surface area contributed by atoms with E-state index in [0.29, 0.717) is 12.3 Å². The molecule has 0 aromatic carbocycles. The summed E-state index contributed by atoms with van der Waals surface area (Å²) in [6.07, 6.45) is 1.64. The average molecular weight is 105 g/mol. The third-order valence-electron chi connectivity index (χ3n) is 0.568. The zero-order valence-electron chi connectivity index (χ0n) is 4.98. The minimum atomic E-state index is 0. The van der Waals surface area contributed by atoms with Crippen molar-refractivity contribution >= 4 is 6.29 Å². The molecule has 46 valence electrons. The molecule has 0 unspecified atom stereocenters. The molecule has 2 heteroatoms. The molecule has 0 aliphatic heterocycles. The fraction of sp³-hybridized carbons (Fsp3) is 0.800. The molecular weight excluding hydrogens is 90.1 g/mol. The summed E-state index contributed by atoms with van der Waals surface area (Å²) in [4.78, 5) is 9.62. The van der Waals surface area contributed by atoms with Crippen LogP contribution in [-0.2, 0) is 4.79 Å². The summed E-state index contributed by atoms with van der Waals surface area (Å²) >= 11 is 0. The maximum absolute atomic E-state index is 9.62. The van der Waals surface area contributed by atoms with Crippen LogP contribution in [0.25, 0.3) is 0 Å². The molecule has 0 atom stereocenters. The SMILES string of the molecule is CC(C)CC=O.N.[HH]. The smallest absolute Gasteiger partial charge is 0.120 e. The van der Waals surface area contributed by atoms with Crippen LogP contribution in [0.15, 0.2) is 0 Å². The Morgan fingerprint density at radius 3 is 2.14 bits per heavy atom. The third-order valence-corrected chi connectivity index (χ3v) is 0.568. The molecule has 0 radical (unpaired) electrons. The maximum atomic E-state index is 9.62. The molecule has 2 nitrogen and oxygen atoms in total. The first-order valence-corrected chi connectivity index (χ1v) is 2.21. The second-order valence-corrected chi connectivity index (χ2v) is 1.80. The van der Waals surface area contributed by atoms with Crippen LogP contribution >= 0.6 is 0 Å². The second kappa shape index (κ2) is 5.63. The van der Waals surface area contributed by atoms with Crippen molar-refractivity contribution in [3.63, 3.8) is 0 Å². The van der Waals surface area contributed by atoms with Crippen LogP contribution < -0.4 is 6.15 Å². The van der Waals surface area contributed by atoms with E-state index in [-0.39, 0.29) is 7.58 Å². The van der Waals surface area contributed by atoms with E-state index in [1.165, 1.54) is 0 Å². The van der Waals surface area contributed by atoms with Crippen molar-refractivity contribution in [2.75, 3.05) is 0 Å². The highest BCUT2D eigenvalue weighted by atomic mass is 16.1. The molecule has 0 saturated heterocycles. The number of carbonyl (C=O) groups excluding carboxylic acids is 1. The first kappa shape index (κ1) is 9.80. The van der Waals surface area contributed by atoms with Gasteiger partial charge in [-0.15, -0.1) is 0 Å². The second-order valence-electron chi connectivity index (χ2n) is 1.80. The van der Waals surface area contributed by atoms with Crippen LogP contribution in [0.5, 0.6) is 0 Å². The summed E-state index contributed by atoms with van der Waals surface area (Å²) in [7, 11) is 0. The van der Waals surface area contributed by atoms with Crippen molar-refractivity contribution in [3.05, 3.63) is 0 Å². The lowest BCUT2D eigenvalue weighted by Gasteiger charge is -1.89. The molecule has 0 aromatic heterocycles. The Morgan fingerprint density at radius 1 is 1.71 bits per heavy atom. The largest absolute Gasteiger partial charge is 0.344 e. The van der Waals surface area contributed by atoms with E-state index >= 15 is 0 Å². The number of aldehydes is 1. The van der Waals surface area contributed by atoms with E-state index in [2.05, 4.69) is 0 Å². The number of rotatable bonds is 2. The summed E-state index contributed by atoms with van der Waals surface area (Å²) in [5.41, 5.74) is 0. The van der Waals surface area contributed by atoms with Gasteiger partial charge in [-0.1, -0.05) is 13.8 Å². The van der Waals surface area contributed by atoms with E-state index in [1.807, 2.05) is 13.8 Å². The standard InChI is InChI=1S/C5H10O.H3N.H2/c1-5(2)3-4-6;;/h4-5H,3H2,1-2H3;1H3;1H. The van der Waals surface area contributed by atoms with Gasteiger partial charge in [0.1, 0.15) is 6.29 Å². The van der Waals surface area contributed by atoms with E-state index in [1.54, 1.807) is 0 Å². The Morgan fingerprint density at radius 2 is 2.14 bits per heavy atom. The van der Waals surface area contributed by atoms with Crippen LogP contribution in [0, 0.1) is 5.92 Å². The minimum absolute atomic E-state index is 0. The summed E-state index contributed by atoms with van der Waals surface area (Å²) in [5.74, 6) is 0.530. The molecule has 7 heavy (non-hydrogen) atoms. The highest BCUT2D eigenvalue weighted by molar-refractivity contribution is 5.49. The lowest BCUT2D eigenvalue weighted by Crippen LogP contribution is -1.84. The maximum Gasteiger partial charge on any atom is 0.120 e. The van der Waals surface area contributed by atoms with Gasteiger partial charge in [0.2, 0.25) is 0 Å². The van der Waals surface area contributed by atoms with Gasteiger partial charge in [-0.3, -0.25) is 0 Å². The van der Waals surface area contributed by atoms with E-state index in [4.69, 9.17) is 0 Å². The predicted molar refractivity (Wildman–Crippen MR) is 32.7 cm³/mol. The summed E-state index contributed by atoms with van der Waals surface area (Å²) in [5, 5.41) is 0. The van der Waals surface area contributed by atoms with Gasteiger partial charge < -0.3 is 10.9 Å². The van der Waals surface area contributed by atoms with E-state index in [0.717, 1.165) is 6.29 Å². The van der Waals surface area contributed by atoms with Gasteiger partial charge in [0, 0.05) is 7.85 Å². The van der Waals surface area contributed by atoms with Crippen LogP contribution in [0.1, 0.15) is 21.7 Å². The van der Waals surface area contributed by atoms with Crippen LogP contribution in [0.3, 0.4) is 0 Å². The normalized spacial score (nSPS) is 7.86. The molecule has 0 heterocycles. The Hall–Kier alpha value is -0.370. The van der Waals surface area contributed by atoms with Crippen molar-refractivity contribution in [3.8, 4) is 0 Å². The molecule has 0 amide bonds. The molecule has 0 aliphatic rings. The minimum Gasteiger partial charge on any atom is -0.344 e. The summed E-state index contributed by atoms with van der Waals surface area (Å²) in [6, 6.07) is 0. The van der Waals surface area contributed by atoms with Gasteiger partial charge in [0.15, 0.2) is 0 Å². The Bertz CT molecular complexity index is 47.7. The molecule has 0 spiro atoms. The molecule has 0 bridgehead atoms. The quantitative estimate of drug-likeness (QED) is 0.543. The zero-order valence-corrected chi connectivity index (χ0v) is 4.98. The first-order valence-electron chi connectivity index (χ1n) is 2.21. The first-order chi connectivity index (χ1) is 2.77. The predicted octanol–water partition coefficient (Wildman–Crippen LogP) is 1.64.